The normalized spacial score (nSPS) is 32.0. The maximum Gasteiger partial charge on any atom is 0.488 e. The quantitative estimate of drug-likeness (QED) is 0.354. The fourth-order valence-electron chi connectivity index (χ4n) is 5.89. The SMILES string of the molecule is COC[C@H]1C[C@@H]2C(=O)N(c3cccc(B(O)O)c3)C(=O)[C@@H]2[C@@H]2C[C@@H](c3ccc(O)c(F)c3)O[C@]12O. The lowest BCUT2D eigenvalue weighted by molar-refractivity contribution is -0.275. The number of aromatic hydroxyl groups is 1. The summed E-state index contributed by atoms with van der Waals surface area (Å²) in [5.41, 5.74) is 0.738. The van der Waals surface area contributed by atoms with Gasteiger partial charge in [0.15, 0.2) is 17.4 Å². The summed E-state index contributed by atoms with van der Waals surface area (Å²) in [4.78, 5) is 28.1. The number of benzene rings is 2. The number of nitrogens with zero attached hydrogens (tertiary/aromatic N) is 1. The van der Waals surface area contributed by atoms with Gasteiger partial charge in [-0.25, -0.2) is 4.39 Å². The standard InChI is InChI=1S/C24H25BFNO8/c1-34-11-13-8-16-21(23(30)27(22(16)29)15-4-2-3-14(9-15)25(32)33)17-10-20(35-24(13,17)31)12-5-6-19(28)18(26)7-12/h2-7,9,13,16-17,20-21,28,31-33H,8,10-11H2,1H3/t13-,16+,17+,20+,21+,24-/m1/s1. The molecule has 0 aromatic heterocycles. The van der Waals surface area contributed by atoms with Gasteiger partial charge in [-0.2, -0.15) is 0 Å². The van der Waals surface area contributed by atoms with Gasteiger partial charge in [0.1, 0.15) is 0 Å². The van der Waals surface area contributed by atoms with Crippen LogP contribution in [0, 0.1) is 29.5 Å². The van der Waals surface area contributed by atoms with Crippen LogP contribution in [0.2, 0.25) is 0 Å². The molecule has 2 saturated heterocycles. The average Bonchev–Trinajstić information content (AvgIpc) is 3.30. The lowest BCUT2D eigenvalue weighted by Gasteiger charge is -2.44. The molecule has 184 valence electrons. The number of methoxy groups -OCH3 is 1. The van der Waals surface area contributed by atoms with Crippen molar-refractivity contribution in [2.75, 3.05) is 18.6 Å². The molecule has 2 heterocycles. The van der Waals surface area contributed by atoms with Crippen LogP contribution in [-0.2, 0) is 19.1 Å². The van der Waals surface area contributed by atoms with Gasteiger partial charge in [-0.1, -0.05) is 18.2 Å². The van der Waals surface area contributed by atoms with Crippen molar-refractivity contribution < 1.29 is 43.7 Å². The largest absolute Gasteiger partial charge is 0.505 e. The molecule has 1 saturated carbocycles. The summed E-state index contributed by atoms with van der Waals surface area (Å²) < 4.78 is 25.4. The van der Waals surface area contributed by atoms with E-state index >= 15 is 0 Å². The number of ether oxygens (including phenoxy) is 2. The van der Waals surface area contributed by atoms with Crippen LogP contribution in [-0.4, -0.2) is 58.7 Å². The molecule has 2 aromatic rings. The summed E-state index contributed by atoms with van der Waals surface area (Å²) in [5, 5.41) is 40.3. The maximum absolute atomic E-state index is 14.0. The van der Waals surface area contributed by atoms with Crippen molar-refractivity contribution in [3.05, 3.63) is 53.8 Å². The van der Waals surface area contributed by atoms with Crippen molar-refractivity contribution >= 4 is 30.1 Å². The van der Waals surface area contributed by atoms with Gasteiger partial charge in [0, 0.05) is 18.9 Å². The van der Waals surface area contributed by atoms with Gasteiger partial charge < -0.3 is 29.7 Å². The second-order valence-corrected chi connectivity index (χ2v) is 9.41. The van der Waals surface area contributed by atoms with Crippen LogP contribution >= 0.6 is 0 Å². The zero-order valence-electron chi connectivity index (χ0n) is 18.9. The molecule has 0 spiro atoms. The lowest BCUT2D eigenvalue weighted by atomic mass is 9.64. The number of phenols is 1. The number of hydrogen-bond acceptors (Lipinski definition) is 8. The van der Waals surface area contributed by atoms with E-state index in [0.717, 1.165) is 11.0 Å². The summed E-state index contributed by atoms with van der Waals surface area (Å²) in [5.74, 6) is -7.07. The van der Waals surface area contributed by atoms with E-state index in [9.17, 15) is 34.2 Å². The van der Waals surface area contributed by atoms with Crippen LogP contribution in [0.3, 0.4) is 0 Å². The second-order valence-electron chi connectivity index (χ2n) is 9.41. The molecule has 5 rings (SSSR count). The summed E-state index contributed by atoms with van der Waals surface area (Å²) in [7, 11) is -0.304. The Morgan fingerprint density at radius 1 is 1.17 bits per heavy atom. The molecule has 3 aliphatic rings. The molecule has 0 radical (unpaired) electrons. The first kappa shape index (κ1) is 23.9. The first-order valence-corrected chi connectivity index (χ1v) is 11.4. The summed E-state index contributed by atoms with van der Waals surface area (Å²) in [6.07, 6.45) is -0.460. The molecule has 9 nitrogen and oxygen atoms in total. The van der Waals surface area contributed by atoms with E-state index in [-0.39, 0.29) is 30.6 Å². The molecule has 4 N–H and O–H groups in total. The monoisotopic (exact) mass is 485 g/mol. The average molecular weight is 485 g/mol. The summed E-state index contributed by atoms with van der Waals surface area (Å²) in [6.45, 7) is 0.0839. The number of carbonyl (C=O) groups is 2. The van der Waals surface area contributed by atoms with Crippen molar-refractivity contribution in [1.29, 1.82) is 0 Å². The molecule has 6 atom stereocenters. The number of rotatable bonds is 5. The Bertz CT molecular complexity index is 1180. The first-order valence-electron chi connectivity index (χ1n) is 11.4. The minimum atomic E-state index is -1.79. The van der Waals surface area contributed by atoms with Gasteiger partial charge in [0.05, 0.1) is 30.2 Å². The molecule has 2 aromatic carbocycles. The molecule has 0 bridgehead atoms. The highest BCUT2D eigenvalue weighted by Crippen LogP contribution is 2.58. The van der Waals surface area contributed by atoms with Crippen LogP contribution < -0.4 is 10.4 Å². The zero-order valence-corrected chi connectivity index (χ0v) is 18.9. The van der Waals surface area contributed by atoms with E-state index in [2.05, 4.69) is 0 Å². The van der Waals surface area contributed by atoms with Crippen molar-refractivity contribution in [2.24, 2.45) is 23.7 Å². The van der Waals surface area contributed by atoms with Gasteiger partial charge in [-0.05, 0) is 48.1 Å². The lowest BCUT2D eigenvalue weighted by Crippen LogP contribution is -2.54. The molecular weight excluding hydrogens is 460 g/mol. The summed E-state index contributed by atoms with van der Waals surface area (Å²) in [6, 6.07) is 9.70. The van der Waals surface area contributed by atoms with E-state index in [1.165, 1.54) is 43.5 Å². The van der Waals surface area contributed by atoms with Crippen LogP contribution in [0.5, 0.6) is 5.75 Å². The van der Waals surface area contributed by atoms with Crippen LogP contribution in [0.1, 0.15) is 24.5 Å². The van der Waals surface area contributed by atoms with E-state index in [4.69, 9.17) is 9.47 Å². The third-order valence-corrected chi connectivity index (χ3v) is 7.50. The molecule has 0 unspecified atom stereocenters. The molecule has 3 fully saturated rings. The van der Waals surface area contributed by atoms with E-state index in [1.54, 1.807) is 0 Å². The molecular formula is C24H25BFNO8. The summed E-state index contributed by atoms with van der Waals surface area (Å²) >= 11 is 0. The number of anilines is 1. The number of carbonyl (C=O) groups excluding carboxylic acids is 2. The fourth-order valence-corrected chi connectivity index (χ4v) is 5.89. The minimum Gasteiger partial charge on any atom is -0.505 e. The molecule has 11 heteroatoms. The highest BCUT2D eigenvalue weighted by molar-refractivity contribution is 6.58. The van der Waals surface area contributed by atoms with Gasteiger partial charge in [-0.3, -0.25) is 14.5 Å². The predicted molar refractivity (Wildman–Crippen MR) is 121 cm³/mol. The number of imide groups is 1. The Labute approximate surface area is 200 Å². The number of phenolic OH excluding ortho intramolecular Hbond substituents is 1. The Morgan fingerprint density at radius 2 is 1.94 bits per heavy atom. The van der Waals surface area contributed by atoms with Crippen LogP contribution in [0.15, 0.2) is 42.5 Å². The predicted octanol–water partition coefficient (Wildman–Crippen LogP) is 0.449. The smallest absolute Gasteiger partial charge is 0.488 e. The molecule has 2 amide bonds. The van der Waals surface area contributed by atoms with Crippen molar-refractivity contribution in [3.63, 3.8) is 0 Å². The van der Waals surface area contributed by atoms with Gasteiger partial charge in [-0.15, -0.1) is 0 Å². The Morgan fingerprint density at radius 3 is 2.63 bits per heavy atom. The third-order valence-electron chi connectivity index (χ3n) is 7.50. The van der Waals surface area contributed by atoms with Gasteiger partial charge in [0.2, 0.25) is 11.8 Å². The molecule has 2 aliphatic heterocycles. The van der Waals surface area contributed by atoms with Crippen LogP contribution in [0.4, 0.5) is 10.1 Å². The van der Waals surface area contributed by atoms with Gasteiger partial charge in [0.25, 0.3) is 0 Å². The highest BCUT2D eigenvalue weighted by Gasteiger charge is 2.67. The van der Waals surface area contributed by atoms with E-state index in [1.807, 2.05) is 0 Å². The number of halogens is 1. The Hall–Kier alpha value is -2.83. The van der Waals surface area contributed by atoms with E-state index in [0.29, 0.717) is 5.56 Å². The maximum atomic E-state index is 14.0. The van der Waals surface area contributed by atoms with Crippen molar-refractivity contribution in [2.45, 2.75) is 24.7 Å². The van der Waals surface area contributed by atoms with Crippen LogP contribution in [0.25, 0.3) is 0 Å². The van der Waals surface area contributed by atoms with Crippen molar-refractivity contribution in [1.82, 2.24) is 0 Å². The third kappa shape index (κ3) is 3.75. The molecule has 1 aliphatic carbocycles. The topological polar surface area (TPSA) is 137 Å². The van der Waals surface area contributed by atoms with E-state index < -0.39 is 66.1 Å². The highest BCUT2D eigenvalue weighted by atomic mass is 19.1. The zero-order chi connectivity index (χ0) is 25.1. The minimum absolute atomic E-state index is 0.0839. The van der Waals surface area contributed by atoms with Crippen molar-refractivity contribution in [3.8, 4) is 5.75 Å². The fraction of sp³-hybridized carbons (Fsp3) is 0.417. The Kier molecular flexibility index (Phi) is 5.93. The number of fused-ring (bicyclic) bond motifs is 3. The first-order chi connectivity index (χ1) is 16.7. The number of hydrogen-bond donors (Lipinski definition) is 4. The number of amides is 2. The Balaban J connectivity index is 1.52. The number of aliphatic hydroxyl groups is 1. The van der Waals surface area contributed by atoms with Gasteiger partial charge >= 0.3 is 7.12 Å². The molecule has 35 heavy (non-hydrogen) atoms. The second kappa shape index (κ2) is 8.68.